The number of carbonyl (C=O) groups excluding carboxylic acids is 3. The molecule has 0 aromatic heterocycles. The highest BCUT2D eigenvalue weighted by atomic mass is 16.6. The monoisotopic (exact) mass is 396 g/mol. The predicted molar refractivity (Wildman–Crippen MR) is 105 cm³/mol. The number of rotatable bonds is 6. The van der Waals surface area contributed by atoms with Gasteiger partial charge in [-0.3, -0.25) is 24.5 Å². The molecule has 150 valence electrons. The first kappa shape index (κ1) is 20.2. The number of amides is 1. The number of ether oxygens (including phenoxy) is 1. The smallest absolute Gasteiger partial charge is 0.311 e. The van der Waals surface area contributed by atoms with E-state index in [1.54, 1.807) is 4.90 Å². The second-order valence-electron chi connectivity index (χ2n) is 7.03. The number of anilines is 1. The molecular formula is C21H20N2O6. The van der Waals surface area contributed by atoms with Crippen LogP contribution in [-0.2, 0) is 14.3 Å². The molecule has 1 atom stereocenters. The molecular weight excluding hydrogens is 376 g/mol. The van der Waals surface area contributed by atoms with Crippen LogP contribution in [0.2, 0.25) is 0 Å². The number of non-ortho nitro benzene ring substituents is 1. The number of hydrogen-bond donors (Lipinski definition) is 0. The number of Topliss-reactive ketones (excluding diaryl/α,β-unsaturated/α-hetero) is 1. The largest absolute Gasteiger partial charge is 0.457 e. The maximum atomic E-state index is 12.4. The SMILES string of the molecule is Cc1ccc(N2C[C@H](C(=O)OCC(=O)c3cccc([N+](=O)[O-])c3)CC2=O)c(C)c1. The molecule has 8 heteroatoms. The molecule has 1 heterocycles. The van der Waals surface area contributed by atoms with E-state index in [-0.39, 0.29) is 30.1 Å². The molecule has 0 N–H and O–H groups in total. The van der Waals surface area contributed by atoms with Gasteiger partial charge < -0.3 is 9.64 Å². The van der Waals surface area contributed by atoms with Gasteiger partial charge in [0, 0.05) is 36.3 Å². The molecule has 1 fully saturated rings. The fourth-order valence-corrected chi connectivity index (χ4v) is 3.34. The Hall–Kier alpha value is -3.55. The van der Waals surface area contributed by atoms with Crippen molar-refractivity contribution < 1.29 is 24.0 Å². The Morgan fingerprint density at radius 3 is 2.66 bits per heavy atom. The van der Waals surface area contributed by atoms with Crippen molar-refractivity contribution in [3.8, 4) is 0 Å². The van der Waals surface area contributed by atoms with Crippen molar-refractivity contribution in [1.82, 2.24) is 0 Å². The first-order valence-electron chi connectivity index (χ1n) is 9.08. The first-order chi connectivity index (χ1) is 13.8. The molecule has 0 aliphatic carbocycles. The van der Waals surface area contributed by atoms with E-state index in [4.69, 9.17) is 4.74 Å². The van der Waals surface area contributed by atoms with Gasteiger partial charge in [0.2, 0.25) is 11.7 Å². The summed E-state index contributed by atoms with van der Waals surface area (Å²) in [6.45, 7) is 3.51. The average Bonchev–Trinajstić information content (AvgIpc) is 3.07. The van der Waals surface area contributed by atoms with Crippen LogP contribution in [0.3, 0.4) is 0 Å². The van der Waals surface area contributed by atoms with E-state index in [1.807, 2.05) is 32.0 Å². The van der Waals surface area contributed by atoms with Gasteiger partial charge in [0.1, 0.15) is 0 Å². The standard InChI is InChI=1S/C21H20N2O6/c1-13-6-7-18(14(2)8-13)22-11-16(10-20(22)25)21(26)29-12-19(24)15-4-3-5-17(9-15)23(27)28/h3-9,16H,10-12H2,1-2H3/t16-/m1/s1. The van der Waals surface area contributed by atoms with Gasteiger partial charge in [-0.1, -0.05) is 29.8 Å². The topological polar surface area (TPSA) is 107 Å². The molecule has 2 aromatic carbocycles. The van der Waals surface area contributed by atoms with Crippen LogP contribution < -0.4 is 4.90 Å². The molecule has 0 saturated carbocycles. The third-order valence-corrected chi connectivity index (χ3v) is 4.83. The van der Waals surface area contributed by atoms with Gasteiger partial charge in [0.05, 0.1) is 10.8 Å². The summed E-state index contributed by atoms with van der Waals surface area (Å²) in [5.74, 6) is -2.02. The Balaban J connectivity index is 1.61. The van der Waals surface area contributed by atoms with Gasteiger partial charge >= 0.3 is 5.97 Å². The summed E-state index contributed by atoms with van der Waals surface area (Å²) in [7, 11) is 0. The van der Waals surface area contributed by atoms with Gasteiger partial charge in [0.25, 0.3) is 5.69 Å². The van der Waals surface area contributed by atoms with E-state index < -0.39 is 29.2 Å². The Morgan fingerprint density at radius 2 is 1.97 bits per heavy atom. The summed E-state index contributed by atoms with van der Waals surface area (Å²) in [5, 5.41) is 10.8. The van der Waals surface area contributed by atoms with E-state index in [0.717, 1.165) is 22.9 Å². The van der Waals surface area contributed by atoms with E-state index >= 15 is 0 Å². The average molecular weight is 396 g/mol. The van der Waals surface area contributed by atoms with Crippen LogP contribution in [0.1, 0.15) is 27.9 Å². The third-order valence-electron chi connectivity index (χ3n) is 4.83. The number of nitro groups is 1. The minimum absolute atomic E-state index is 0.0111. The Bertz CT molecular complexity index is 1000. The van der Waals surface area contributed by atoms with Gasteiger partial charge in [-0.25, -0.2) is 0 Å². The first-order valence-corrected chi connectivity index (χ1v) is 9.08. The zero-order chi connectivity index (χ0) is 21.1. The van der Waals surface area contributed by atoms with Crippen molar-refractivity contribution >= 4 is 29.0 Å². The number of hydrogen-bond acceptors (Lipinski definition) is 6. The molecule has 0 spiro atoms. The second-order valence-corrected chi connectivity index (χ2v) is 7.03. The maximum Gasteiger partial charge on any atom is 0.311 e. The summed E-state index contributed by atoms with van der Waals surface area (Å²) in [6.07, 6.45) is 0.0111. The number of carbonyl (C=O) groups is 3. The highest BCUT2D eigenvalue weighted by molar-refractivity contribution is 6.01. The lowest BCUT2D eigenvalue weighted by atomic mass is 10.1. The van der Waals surface area contributed by atoms with E-state index in [1.165, 1.54) is 18.2 Å². The molecule has 1 aliphatic rings. The van der Waals surface area contributed by atoms with E-state index in [9.17, 15) is 24.5 Å². The molecule has 0 bridgehead atoms. The molecule has 1 saturated heterocycles. The van der Waals surface area contributed by atoms with E-state index in [2.05, 4.69) is 0 Å². The van der Waals surface area contributed by atoms with Gasteiger partial charge in [-0.05, 0) is 25.5 Å². The number of nitrogens with zero attached hydrogens (tertiary/aromatic N) is 2. The second kappa shape index (κ2) is 8.22. The molecule has 1 amide bonds. The van der Waals surface area contributed by atoms with Gasteiger partial charge in [-0.15, -0.1) is 0 Å². The van der Waals surface area contributed by atoms with Crippen LogP contribution >= 0.6 is 0 Å². The summed E-state index contributed by atoms with van der Waals surface area (Å²) < 4.78 is 5.09. The maximum absolute atomic E-state index is 12.4. The fraction of sp³-hybridized carbons (Fsp3) is 0.286. The Kier molecular flexibility index (Phi) is 5.72. The lowest BCUT2D eigenvalue weighted by Gasteiger charge is -2.19. The van der Waals surface area contributed by atoms with Gasteiger partial charge in [0.15, 0.2) is 6.61 Å². The van der Waals surface area contributed by atoms with Crippen molar-refractivity contribution in [1.29, 1.82) is 0 Å². The summed E-state index contributed by atoms with van der Waals surface area (Å²) in [6, 6.07) is 10.9. The quantitative estimate of drug-likeness (QED) is 0.322. The zero-order valence-electron chi connectivity index (χ0n) is 16.1. The van der Waals surface area contributed by atoms with Crippen molar-refractivity contribution in [2.24, 2.45) is 5.92 Å². The summed E-state index contributed by atoms with van der Waals surface area (Å²) in [4.78, 5) is 48.7. The molecule has 0 radical (unpaired) electrons. The van der Waals surface area contributed by atoms with E-state index in [0.29, 0.717) is 0 Å². The minimum atomic E-state index is -0.666. The number of ketones is 1. The Morgan fingerprint density at radius 1 is 1.21 bits per heavy atom. The predicted octanol–water partition coefficient (Wildman–Crippen LogP) is 2.99. The van der Waals surface area contributed by atoms with Gasteiger partial charge in [-0.2, -0.15) is 0 Å². The highest BCUT2D eigenvalue weighted by Gasteiger charge is 2.36. The minimum Gasteiger partial charge on any atom is -0.457 e. The number of aryl methyl sites for hydroxylation is 2. The van der Waals surface area contributed by atoms with Crippen LogP contribution in [0, 0.1) is 29.9 Å². The molecule has 0 unspecified atom stereocenters. The number of benzene rings is 2. The highest BCUT2D eigenvalue weighted by Crippen LogP contribution is 2.29. The normalized spacial score (nSPS) is 16.0. The molecule has 1 aliphatic heterocycles. The van der Waals surface area contributed by atoms with Crippen molar-refractivity contribution in [2.45, 2.75) is 20.3 Å². The number of esters is 1. The molecule has 3 rings (SSSR count). The van der Waals surface area contributed by atoms with Crippen LogP contribution in [0.25, 0.3) is 0 Å². The van der Waals surface area contributed by atoms with Crippen molar-refractivity contribution in [2.75, 3.05) is 18.1 Å². The summed E-state index contributed by atoms with van der Waals surface area (Å²) in [5.41, 5.74) is 2.64. The van der Waals surface area contributed by atoms with Crippen LogP contribution in [0.4, 0.5) is 11.4 Å². The lowest BCUT2D eigenvalue weighted by Crippen LogP contribution is -2.27. The molecule has 2 aromatic rings. The third kappa shape index (κ3) is 4.48. The molecule has 8 nitrogen and oxygen atoms in total. The summed E-state index contributed by atoms with van der Waals surface area (Å²) >= 11 is 0. The lowest BCUT2D eigenvalue weighted by molar-refractivity contribution is -0.384. The Labute approximate surface area is 167 Å². The zero-order valence-corrected chi connectivity index (χ0v) is 16.1. The number of nitro benzene ring substituents is 1. The van der Waals surface area contributed by atoms with Crippen LogP contribution in [-0.4, -0.2) is 35.7 Å². The molecule has 29 heavy (non-hydrogen) atoms. The van der Waals surface area contributed by atoms with Crippen LogP contribution in [0.15, 0.2) is 42.5 Å². The fourth-order valence-electron chi connectivity index (χ4n) is 3.34. The van der Waals surface area contributed by atoms with Crippen molar-refractivity contribution in [3.05, 3.63) is 69.3 Å². The van der Waals surface area contributed by atoms with Crippen molar-refractivity contribution in [3.63, 3.8) is 0 Å². The van der Waals surface area contributed by atoms with Crippen LogP contribution in [0.5, 0.6) is 0 Å².